The van der Waals surface area contributed by atoms with Gasteiger partial charge in [0, 0.05) is 68.0 Å². The molecule has 3 fully saturated rings. The number of piperidine rings is 1. The third-order valence-corrected chi connectivity index (χ3v) is 11.1. The van der Waals surface area contributed by atoms with Gasteiger partial charge >= 0.3 is 0 Å². The molecular formula is C37H40N8O3. The second-order valence-corrected chi connectivity index (χ2v) is 14.1. The molecule has 3 N–H and O–H groups in total. The summed E-state index contributed by atoms with van der Waals surface area (Å²) in [5.41, 5.74) is 13.5. The number of anilines is 3. The number of hydrogen-bond donors (Lipinski definition) is 2. The van der Waals surface area contributed by atoms with Crippen molar-refractivity contribution in [2.45, 2.75) is 57.7 Å². The lowest BCUT2D eigenvalue weighted by Gasteiger charge is -2.27. The minimum atomic E-state index is -0.00509. The van der Waals surface area contributed by atoms with Crippen molar-refractivity contribution in [2.75, 3.05) is 30.4 Å². The zero-order valence-corrected chi connectivity index (χ0v) is 27.6. The van der Waals surface area contributed by atoms with Gasteiger partial charge in [-0.15, -0.1) is 0 Å². The number of hydrogen-bond acceptors (Lipinski definition) is 7. The van der Waals surface area contributed by atoms with Crippen LogP contribution in [-0.4, -0.2) is 68.1 Å². The van der Waals surface area contributed by atoms with Crippen LogP contribution in [0.1, 0.15) is 48.5 Å². The lowest BCUT2D eigenvalue weighted by Crippen LogP contribution is -2.41. The van der Waals surface area contributed by atoms with Crippen LogP contribution in [-0.2, 0) is 24.8 Å². The van der Waals surface area contributed by atoms with Crippen molar-refractivity contribution in [1.29, 1.82) is 0 Å². The molecule has 2 aliphatic carbocycles. The van der Waals surface area contributed by atoms with Gasteiger partial charge in [-0.2, -0.15) is 0 Å². The predicted molar refractivity (Wildman–Crippen MR) is 186 cm³/mol. The molecular weight excluding hydrogens is 604 g/mol. The fourth-order valence-corrected chi connectivity index (χ4v) is 8.32. The normalized spacial score (nSPS) is 21.5. The van der Waals surface area contributed by atoms with E-state index in [4.69, 9.17) is 20.4 Å². The lowest BCUT2D eigenvalue weighted by molar-refractivity contribution is -0.116. The zero-order chi connectivity index (χ0) is 32.8. The number of fused-ring (bicyclic) bond motifs is 5. The summed E-state index contributed by atoms with van der Waals surface area (Å²) in [6.45, 7) is 3.90. The highest BCUT2D eigenvalue weighted by molar-refractivity contribution is 6.00. The van der Waals surface area contributed by atoms with Gasteiger partial charge in [-0.1, -0.05) is 6.07 Å². The Morgan fingerprint density at radius 1 is 1.04 bits per heavy atom. The number of pyridine rings is 1. The zero-order valence-electron chi connectivity index (χ0n) is 27.6. The molecule has 2 bridgehead atoms. The van der Waals surface area contributed by atoms with Gasteiger partial charge in [0.25, 0.3) is 5.91 Å². The minimum Gasteiger partial charge on any atom is -0.494 e. The van der Waals surface area contributed by atoms with Crippen LogP contribution in [0.15, 0.2) is 48.5 Å². The van der Waals surface area contributed by atoms with Gasteiger partial charge in [-0.05, 0) is 92.0 Å². The van der Waals surface area contributed by atoms with E-state index in [0.29, 0.717) is 29.7 Å². The third kappa shape index (κ3) is 4.58. The average molecular weight is 645 g/mol. The number of imidazole rings is 1. The van der Waals surface area contributed by atoms with Crippen molar-refractivity contribution in [1.82, 2.24) is 24.0 Å². The second-order valence-electron chi connectivity index (χ2n) is 14.1. The molecule has 0 spiro atoms. The molecule has 4 aliphatic rings. The molecule has 5 heterocycles. The van der Waals surface area contributed by atoms with E-state index >= 15 is 0 Å². The number of nitrogens with zero attached hydrogens (tertiary/aromatic N) is 6. The summed E-state index contributed by atoms with van der Waals surface area (Å²) < 4.78 is 10.2. The number of nitrogens with one attached hydrogen (secondary N) is 1. The maximum atomic E-state index is 13.8. The number of benzene rings is 2. The van der Waals surface area contributed by atoms with Crippen LogP contribution in [0.3, 0.4) is 0 Å². The summed E-state index contributed by atoms with van der Waals surface area (Å²) in [7, 11) is 3.65. The summed E-state index contributed by atoms with van der Waals surface area (Å²) in [6.07, 6.45) is 5.33. The van der Waals surface area contributed by atoms with Crippen molar-refractivity contribution in [3.63, 3.8) is 0 Å². The summed E-state index contributed by atoms with van der Waals surface area (Å²) in [5, 5.41) is 4.52. The molecule has 2 saturated carbocycles. The Balaban J connectivity index is 1.09. The Morgan fingerprint density at radius 2 is 1.90 bits per heavy atom. The van der Waals surface area contributed by atoms with E-state index in [1.54, 1.807) is 14.0 Å². The number of likely N-dealkylation sites (tertiary alicyclic amines) is 1. The van der Waals surface area contributed by atoms with Gasteiger partial charge < -0.3 is 34.7 Å². The number of methoxy groups -OCH3 is 1. The van der Waals surface area contributed by atoms with Crippen LogP contribution in [0.2, 0.25) is 0 Å². The molecule has 9 rings (SSSR count). The Labute approximate surface area is 278 Å². The number of rotatable bonds is 7. The van der Waals surface area contributed by atoms with Crippen molar-refractivity contribution < 1.29 is 14.3 Å². The molecule has 11 heteroatoms. The largest absolute Gasteiger partial charge is 0.494 e. The Morgan fingerprint density at radius 3 is 2.62 bits per heavy atom. The fraction of sp³-hybridized carbons (Fsp3) is 0.405. The smallest absolute Gasteiger partial charge is 0.254 e. The Bertz CT molecular complexity index is 2150. The first-order valence-corrected chi connectivity index (χ1v) is 17.1. The Hall–Kier alpha value is -4.90. The van der Waals surface area contributed by atoms with Crippen LogP contribution in [0.5, 0.6) is 5.75 Å². The number of aryl methyl sites for hydroxylation is 1. The standard InChI is InChI=1S/C37H40N8O3/c1-20(46)43-13-12-22-6-9-26(17-29(22)43)39-32-11-8-23-15-30(44(35(23)41-32)18-21-4-5-21)36-40-27-14-25(16-31(48-3)34(27)42(36)2)37(47)45-19-24-7-10-28(45)33(24)38/h6,8-9,11,14-17,21,24,28,33H,4-5,7,10,12-13,18-19,38H2,1-3H3,(H,39,41)/t24-,28-,33-/m1/s1. The highest BCUT2D eigenvalue weighted by Gasteiger charge is 2.47. The molecule has 2 amide bonds. The molecule has 3 atom stereocenters. The SMILES string of the molecule is COc1cc(C(=O)N2C[C@H]3CC[C@@H]2[C@@H]3N)cc2nc(-c3cc4ccc(Nc5ccc6c(c5)N(C(C)=O)CC6)nc4n3CC3CC3)n(C)c12. The molecule has 48 heavy (non-hydrogen) atoms. The first kappa shape index (κ1) is 29.3. The van der Waals surface area contributed by atoms with Crippen molar-refractivity contribution in [3.05, 3.63) is 59.7 Å². The van der Waals surface area contributed by atoms with E-state index in [1.807, 2.05) is 41.1 Å². The maximum Gasteiger partial charge on any atom is 0.254 e. The average Bonchev–Trinajstić information content (AvgIpc) is 3.33. The van der Waals surface area contributed by atoms with E-state index in [-0.39, 0.29) is 23.9 Å². The molecule has 246 valence electrons. The maximum absolute atomic E-state index is 13.8. The number of nitrogens with two attached hydrogens (primary N) is 1. The molecule has 1 saturated heterocycles. The highest BCUT2D eigenvalue weighted by atomic mass is 16.5. The lowest BCUT2D eigenvalue weighted by atomic mass is 10.1. The van der Waals surface area contributed by atoms with Gasteiger partial charge in [0.2, 0.25) is 5.91 Å². The number of aromatic nitrogens is 4. The van der Waals surface area contributed by atoms with Gasteiger partial charge in [-0.3, -0.25) is 9.59 Å². The first-order valence-electron chi connectivity index (χ1n) is 17.1. The van der Waals surface area contributed by atoms with Crippen LogP contribution in [0, 0.1) is 11.8 Å². The van der Waals surface area contributed by atoms with Crippen LogP contribution >= 0.6 is 0 Å². The summed E-state index contributed by atoms with van der Waals surface area (Å²) in [4.78, 5) is 40.0. The van der Waals surface area contributed by atoms with Crippen LogP contribution < -0.4 is 20.7 Å². The monoisotopic (exact) mass is 644 g/mol. The summed E-state index contributed by atoms with van der Waals surface area (Å²) >= 11 is 0. The second kappa shape index (κ2) is 10.8. The fourth-order valence-electron chi connectivity index (χ4n) is 8.32. The quantitative estimate of drug-likeness (QED) is 0.249. The van der Waals surface area contributed by atoms with Gasteiger partial charge in [0.15, 0.2) is 5.82 Å². The van der Waals surface area contributed by atoms with E-state index in [2.05, 4.69) is 38.7 Å². The predicted octanol–water partition coefficient (Wildman–Crippen LogP) is 5.22. The first-order chi connectivity index (χ1) is 23.3. The van der Waals surface area contributed by atoms with Gasteiger partial charge in [0.1, 0.15) is 22.7 Å². The number of carbonyl (C=O) groups is 2. The summed E-state index contributed by atoms with van der Waals surface area (Å²) in [5.74, 6) is 3.19. The molecule has 0 radical (unpaired) electrons. The molecule has 0 unspecified atom stereocenters. The molecule has 11 nitrogen and oxygen atoms in total. The number of amides is 2. The van der Waals surface area contributed by atoms with Crippen molar-refractivity contribution in [2.24, 2.45) is 24.6 Å². The minimum absolute atomic E-state index is 0.00509. The molecule has 5 aromatic rings. The molecule has 2 aliphatic heterocycles. The van der Waals surface area contributed by atoms with Gasteiger partial charge in [-0.25, -0.2) is 9.97 Å². The topological polar surface area (TPSA) is 124 Å². The van der Waals surface area contributed by atoms with Crippen molar-refractivity contribution in [3.8, 4) is 17.3 Å². The van der Waals surface area contributed by atoms with Crippen LogP contribution in [0.4, 0.5) is 17.2 Å². The van der Waals surface area contributed by atoms with E-state index in [1.165, 1.54) is 18.4 Å². The van der Waals surface area contributed by atoms with E-state index in [0.717, 1.165) is 83.1 Å². The van der Waals surface area contributed by atoms with Crippen molar-refractivity contribution >= 4 is 51.1 Å². The van der Waals surface area contributed by atoms with Gasteiger partial charge in [0.05, 0.1) is 18.3 Å². The number of carbonyl (C=O) groups excluding carboxylic acids is 2. The molecule has 2 aromatic carbocycles. The third-order valence-electron chi connectivity index (χ3n) is 11.1. The molecule has 3 aromatic heterocycles. The van der Waals surface area contributed by atoms with E-state index < -0.39 is 0 Å². The highest BCUT2D eigenvalue weighted by Crippen LogP contribution is 2.40. The number of ether oxygens (including phenoxy) is 1. The van der Waals surface area contributed by atoms with Crippen LogP contribution in [0.25, 0.3) is 33.6 Å². The Kier molecular flexibility index (Phi) is 6.59. The van der Waals surface area contributed by atoms with E-state index in [9.17, 15) is 9.59 Å². The summed E-state index contributed by atoms with van der Waals surface area (Å²) in [6, 6.07) is 16.4.